The van der Waals surface area contributed by atoms with Gasteiger partial charge in [0.1, 0.15) is 17.7 Å². The second-order valence-corrected chi connectivity index (χ2v) is 9.25. The van der Waals surface area contributed by atoms with Crippen LogP contribution in [0.25, 0.3) is 16.9 Å². The molecule has 0 radical (unpaired) electrons. The van der Waals surface area contributed by atoms with Gasteiger partial charge < -0.3 is 29.5 Å². The molecular weight excluding hydrogens is 514 g/mol. The van der Waals surface area contributed by atoms with Gasteiger partial charge in [-0.15, -0.1) is 0 Å². The number of carbonyl (C=O) groups is 2. The van der Waals surface area contributed by atoms with Gasteiger partial charge >= 0.3 is 6.09 Å². The van der Waals surface area contributed by atoms with Gasteiger partial charge in [-0.25, -0.2) is 18.6 Å². The lowest BCUT2D eigenvalue weighted by Gasteiger charge is -2.35. The maximum atomic E-state index is 14.1. The van der Waals surface area contributed by atoms with E-state index < -0.39 is 24.4 Å². The van der Waals surface area contributed by atoms with Crippen molar-refractivity contribution < 1.29 is 27.8 Å². The van der Waals surface area contributed by atoms with E-state index in [1.165, 1.54) is 11.7 Å². The van der Waals surface area contributed by atoms with Gasteiger partial charge in [0.25, 0.3) is 6.43 Å². The second kappa shape index (κ2) is 11.4. The molecule has 2 aliphatic rings. The summed E-state index contributed by atoms with van der Waals surface area (Å²) in [5, 5.41) is 3.06. The van der Waals surface area contributed by atoms with E-state index in [-0.39, 0.29) is 17.7 Å². The molecule has 1 atom stereocenters. The first-order valence-corrected chi connectivity index (χ1v) is 12.7. The van der Waals surface area contributed by atoms with Crippen molar-refractivity contribution in [1.82, 2.24) is 29.3 Å². The van der Waals surface area contributed by atoms with Crippen LogP contribution in [-0.2, 0) is 14.3 Å². The lowest BCUT2D eigenvalue weighted by Crippen LogP contribution is -2.53. The molecule has 1 N–H and O–H groups in total. The Hall–Kier alpha value is -4.07. The zero-order chi connectivity index (χ0) is 27.5. The van der Waals surface area contributed by atoms with E-state index in [1.54, 1.807) is 47.1 Å². The number of ether oxygens (including phenoxy) is 2. The highest BCUT2D eigenvalue weighted by atomic mass is 19.3. The van der Waals surface area contributed by atoms with Crippen molar-refractivity contribution in [3.8, 4) is 5.82 Å². The third kappa shape index (κ3) is 5.55. The number of morpholine rings is 1. The maximum absolute atomic E-state index is 14.1. The number of hydrogen-bond acceptors (Lipinski definition) is 9. The Morgan fingerprint density at radius 2 is 1.64 bits per heavy atom. The average Bonchev–Trinajstić information content (AvgIpc) is 3.37. The Labute approximate surface area is 223 Å². The number of alkyl halides is 2. The van der Waals surface area contributed by atoms with Crippen LogP contribution in [0.1, 0.15) is 19.2 Å². The molecule has 39 heavy (non-hydrogen) atoms. The van der Waals surface area contributed by atoms with Crippen LogP contribution in [0.4, 0.5) is 25.3 Å². The van der Waals surface area contributed by atoms with Gasteiger partial charge in [-0.3, -0.25) is 9.36 Å². The van der Waals surface area contributed by atoms with Crippen molar-refractivity contribution in [1.29, 1.82) is 0 Å². The molecule has 2 saturated heterocycles. The molecule has 0 spiro atoms. The van der Waals surface area contributed by atoms with Gasteiger partial charge in [-0.2, -0.15) is 9.97 Å². The number of aromatic nitrogens is 4. The lowest BCUT2D eigenvalue weighted by atomic mass is 10.2. The molecule has 3 aromatic rings. The molecule has 208 valence electrons. The van der Waals surface area contributed by atoms with Crippen LogP contribution in [0, 0.1) is 0 Å². The fourth-order valence-corrected chi connectivity index (χ4v) is 4.76. The largest absolute Gasteiger partial charge is 0.453 e. The molecule has 2 aromatic heterocycles. The summed E-state index contributed by atoms with van der Waals surface area (Å²) in [5.41, 5.74) is 0.904. The predicted molar refractivity (Wildman–Crippen MR) is 138 cm³/mol. The van der Waals surface area contributed by atoms with Crippen LogP contribution in [0.2, 0.25) is 0 Å². The van der Waals surface area contributed by atoms with Crippen LogP contribution in [-0.4, -0.2) is 107 Å². The van der Waals surface area contributed by atoms with Gasteiger partial charge in [-0.1, -0.05) is 12.1 Å². The molecule has 0 saturated carbocycles. The molecule has 4 heterocycles. The Balaban J connectivity index is 1.45. The molecule has 14 heteroatoms. The highest BCUT2D eigenvalue weighted by molar-refractivity contribution is 5.84. The Morgan fingerprint density at radius 3 is 2.33 bits per heavy atom. The number of anilines is 2. The van der Waals surface area contributed by atoms with Gasteiger partial charge in [0.15, 0.2) is 5.82 Å². The minimum atomic E-state index is -2.83. The zero-order valence-corrected chi connectivity index (χ0v) is 21.7. The van der Waals surface area contributed by atoms with Crippen LogP contribution in [0.5, 0.6) is 0 Å². The normalized spacial score (nSPS) is 17.0. The smallest absolute Gasteiger partial charge is 0.409 e. The van der Waals surface area contributed by atoms with Crippen LogP contribution in [0.15, 0.2) is 30.3 Å². The van der Waals surface area contributed by atoms with Crippen molar-refractivity contribution in [2.75, 3.05) is 69.8 Å². The Kier molecular flexibility index (Phi) is 7.72. The van der Waals surface area contributed by atoms with E-state index in [0.29, 0.717) is 69.3 Å². The van der Waals surface area contributed by atoms with Crippen molar-refractivity contribution in [2.45, 2.75) is 19.4 Å². The van der Waals surface area contributed by atoms with Crippen molar-refractivity contribution in [3.05, 3.63) is 36.2 Å². The fraction of sp³-hybridized carbons (Fsp3) is 0.480. The Bertz CT molecular complexity index is 1340. The molecule has 1 aromatic carbocycles. The molecule has 0 unspecified atom stereocenters. The van der Waals surface area contributed by atoms with Gasteiger partial charge in [0, 0.05) is 45.3 Å². The van der Waals surface area contributed by atoms with E-state index in [4.69, 9.17) is 9.47 Å². The monoisotopic (exact) mass is 544 g/mol. The number of fused-ring (bicyclic) bond motifs is 1. The van der Waals surface area contributed by atoms with E-state index in [0.717, 1.165) is 0 Å². The number of nitrogens with one attached hydrogen (secondary N) is 1. The molecule has 2 fully saturated rings. The standard InChI is InChI=1S/C25H30F2N8O4/c1-16(23(36)33-7-9-34(10-8-33)25(37)38-2)28-24-30-19(32-11-13-39-14-12-32)15-20(31-24)35-18-6-4-3-5-17(18)29-22(35)21(26)27/h3-6,15-16,21H,7-14H2,1-2H3,(H,28,30,31)/t16-/m0/s1. The third-order valence-electron chi connectivity index (χ3n) is 6.79. The maximum Gasteiger partial charge on any atom is 0.409 e. The summed E-state index contributed by atoms with van der Waals surface area (Å²) < 4.78 is 39.7. The van der Waals surface area contributed by atoms with Crippen LogP contribution < -0.4 is 10.2 Å². The quantitative estimate of drug-likeness (QED) is 0.499. The van der Waals surface area contributed by atoms with Gasteiger partial charge in [-0.05, 0) is 19.1 Å². The first-order chi connectivity index (χ1) is 18.9. The van der Waals surface area contributed by atoms with Gasteiger partial charge in [0.05, 0.1) is 31.4 Å². The summed E-state index contributed by atoms with van der Waals surface area (Å²) in [6.45, 7) is 5.29. The molecule has 0 aliphatic carbocycles. The molecule has 2 aliphatic heterocycles. The summed E-state index contributed by atoms with van der Waals surface area (Å²) in [6, 6.07) is 7.80. The lowest BCUT2D eigenvalue weighted by molar-refractivity contribution is -0.133. The minimum Gasteiger partial charge on any atom is -0.453 e. The number of imidazole rings is 1. The summed E-state index contributed by atoms with van der Waals surface area (Å²) in [7, 11) is 1.32. The van der Waals surface area contributed by atoms with Crippen LogP contribution >= 0.6 is 0 Å². The van der Waals surface area contributed by atoms with Crippen LogP contribution in [0.3, 0.4) is 0 Å². The number of rotatable bonds is 6. The number of halogens is 2. The number of para-hydroxylation sites is 2. The highest BCUT2D eigenvalue weighted by Crippen LogP contribution is 2.29. The summed E-state index contributed by atoms with van der Waals surface area (Å²) in [5.74, 6) is 0.240. The second-order valence-electron chi connectivity index (χ2n) is 9.25. The number of nitrogens with zero attached hydrogens (tertiary/aromatic N) is 7. The number of benzene rings is 1. The summed E-state index contributed by atoms with van der Waals surface area (Å²) >= 11 is 0. The number of hydrogen-bond donors (Lipinski definition) is 1. The van der Waals surface area contributed by atoms with E-state index >= 15 is 0 Å². The molecule has 0 bridgehead atoms. The van der Waals surface area contributed by atoms with E-state index in [9.17, 15) is 18.4 Å². The average molecular weight is 545 g/mol. The first-order valence-electron chi connectivity index (χ1n) is 12.7. The van der Waals surface area contributed by atoms with Crippen molar-refractivity contribution in [3.63, 3.8) is 0 Å². The van der Waals surface area contributed by atoms with Crippen molar-refractivity contribution in [2.24, 2.45) is 0 Å². The number of methoxy groups -OCH3 is 1. The van der Waals surface area contributed by atoms with Gasteiger partial charge in [0.2, 0.25) is 11.9 Å². The van der Waals surface area contributed by atoms with Crippen molar-refractivity contribution >= 4 is 34.8 Å². The first kappa shape index (κ1) is 26.5. The van der Waals surface area contributed by atoms with E-state index in [1.807, 2.05) is 4.90 Å². The minimum absolute atomic E-state index is 0.126. The van der Waals surface area contributed by atoms with E-state index in [2.05, 4.69) is 20.3 Å². The highest BCUT2D eigenvalue weighted by Gasteiger charge is 2.29. The molecule has 12 nitrogen and oxygen atoms in total. The summed E-state index contributed by atoms with van der Waals surface area (Å²) in [4.78, 5) is 43.4. The number of carbonyl (C=O) groups excluding carboxylic acids is 2. The zero-order valence-electron chi connectivity index (χ0n) is 21.7. The topological polar surface area (TPSA) is 118 Å². The molecule has 5 rings (SSSR count). The third-order valence-corrected chi connectivity index (χ3v) is 6.79. The number of piperazine rings is 1. The fourth-order valence-electron chi connectivity index (χ4n) is 4.76. The SMILES string of the molecule is COC(=O)N1CCN(C(=O)[C@H](C)Nc2nc(N3CCOCC3)cc(-n3c(C(F)F)nc4ccccc43)n2)CC1. The Morgan fingerprint density at radius 1 is 0.974 bits per heavy atom. The molecular formula is C25H30F2N8O4. The number of amides is 2. The predicted octanol–water partition coefficient (Wildman–Crippen LogP) is 2.30. The summed E-state index contributed by atoms with van der Waals surface area (Å²) in [6.07, 6.45) is -3.26. The molecule has 2 amide bonds.